The molecule has 3 heterocycles. The van der Waals surface area contributed by atoms with E-state index in [0.717, 1.165) is 17.1 Å². The van der Waals surface area contributed by atoms with E-state index in [1.807, 2.05) is 47.4 Å². The van der Waals surface area contributed by atoms with Crippen molar-refractivity contribution in [3.8, 4) is 17.3 Å². The normalized spacial score (nSPS) is 13.4. The molecule has 1 aliphatic rings. The Balaban J connectivity index is 1.51. The van der Waals surface area contributed by atoms with Crippen molar-refractivity contribution in [3.05, 3.63) is 60.0 Å². The van der Waals surface area contributed by atoms with Crippen LogP contribution >= 0.6 is 0 Å². The number of fused-ring (bicyclic) bond motifs is 1. The summed E-state index contributed by atoms with van der Waals surface area (Å²) < 4.78 is 15.0. The molecular weight excluding hydrogens is 368 g/mol. The number of aromatic nitrogens is 3. The Hall–Kier alpha value is -3.22. The molecular formula is C22H26N4O3. The van der Waals surface area contributed by atoms with Gasteiger partial charge in [-0.15, -0.1) is 0 Å². The quantitative estimate of drug-likeness (QED) is 0.666. The monoisotopic (exact) mass is 394 g/mol. The summed E-state index contributed by atoms with van der Waals surface area (Å²) in [4.78, 5) is 14.5. The number of carbonyl (C=O) groups is 1. The summed E-state index contributed by atoms with van der Waals surface area (Å²) in [7, 11) is 1.60. The average Bonchev–Trinajstić information content (AvgIpc) is 3.41. The fourth-order valence-electron chi connectivity index (χ4n) is 3.51. The minimum absolute atomic E-state index is 0.0183. The molecule has 0 saturated heterocycles. The van der Waals surface area contributed by atoms with E-state index in [9.17, 15) is 4.79 Å². The summed E-state index contributed by atoms with van der Waals surface area (Å²) in [5, 5.41) is 4.84. The third kappa shape index (κ3) is 3.72. The average molecular weight is 394 g/mol. The van der Waals surface area contributed by atoms with Crippen molar-refractivity contribution >= 4 is 5.91 Å². The maximum absolute atomic E-state index is 12.7. The lowest BCUT2D eigenvalue weighted by Crippen LogP contribution is -2.32. The van der Waals surface area contributed by atoms with Crippen molar-refractivity contribution in [2.75, 3.05) is 13.7 Å². The lowest BCUT2D eigenvalue weighted by molar-refractivity contribution is -0.134. The van der Waals surface area contributed by atoms with Crippen molar-refractivity contribution in [2.45, 2.75) is 39.4 Å². The highest BCUT2D eigenvalue weighted by Gasteiger charge is 2.33. The van der Waals surface area contributed by atoms with Gasteiger partial charge in [-0.1, -0.05) is 6.07 Å². The molecule has 29 heavy (non-hydrogen) atoms. The van der Waals surface area contributed by atoms with Gasteiger partial charge in [-0.2, -0.15) is 5.10 Å². The van der Waals surface area contributed by atoms with Crippen LogP contribution in [0.5, 0.6) is 11.5 Å². The SMILES string of the molecule is COc1cccc(OCC(=O)N2Cc3nn(C(C)(C)C)c(-n4cccc4)c3C2)c1. The van der Waals surface area contributed by atoms with Gasteiger partial charge in [-0.05, 0) is 45.0 Å². The molecule has 1 amide bonds. The molecule has 1 aromatic carbocycles. The van der Waals surface area contributed by atoms with E-state index < -0.39 is 0 Å². The molecule has 152 valence electrons. The van der Waals surface area contributed by atoms with Gasteiger partial charge in [-0.3, -0.25) is 4.79 Å². The second kappa shape index (κ2) is 7.31. The Morgan fingerprint density at radius 3 is 2.52 bits per heavy atom. The van der Waals surface area contributed by atoms with Crippen LogP contribution in [-0.2, 0) is 23.4 Å². The van der Waals surface area contributed by atoms with Crippen LogP contribution in [0.1, 0.15) is 32.0 Å². The second-order valence-corrected chi connectivity index (χ2v) is 8.14. The topological polar surface area (TPSA) is 61.5 Å². The molecule has 0 radical (unpaired) electrons. The van der Waals surface area contributed by atoms with Gasteiger partial charge in [0.15, 0.2) is 6.61 Å². The number of nitrogens with zero attached hydrogens (tertiary/aromatic N) is 4. The molecule has 7 nitrogen and oxygen atoms in total. The van der Waals surface area contributed by atoms with E-state index in [0.29, 0.717) is 24.6 Å². The smallest absolute Gasteiger partial charge is 0.261 e. The molecule has 0 spiro atoms. The number of ether oxygens (including phenoxy) is 2. The highest BCUT2D eigenvalue weighted by Crippen LogP contribution is 2.32. The number of benzene rings is 1. The van der Waals surface area contributed by atoms with Gasteiger partial charge < -0.3 is 18.9 Å². The standard InChI is InChI=1S/C22H26N4O3/c1-22(2,3)26-21(24-10-5-6-11-24)18-13-25(14-19(18)23-26)20(27)15-29-17-9-7-8-16(12-17)28-4/h5-12H,13-15H2,1-4H3. The first-order valence-corrected chi connectivity index (χ1v) is 9.66. The van der Waals surface area contributed by atoms with Crippen molar-refractivity contribution in [2.24, 2.45) is 0 Å². The van der Waals surface area contributed by atoms with Crippen LogP contribution in [0.4, 0.5) is 0 Å². The molecule has 7 heteroatoms. The van der Waals surface area contributed by atoms with Gasteiger partial charge in [-0.25, -0.2) is 4.68 Å². The largest absolute Gasteiger partial charge is 0.497 e. The zero-order valence-electron chi connectivity index (χ0n) is 17.3. The maximum Gasteiger partial charge on any atom is 0.261 e. The van der Waals surface area contributed by atoms with Gasteiger partial charge >= 0.3 is 0 Å². The van der Waals surface area contributed by atoms with Crippen molar-refractivity contribution in [1.29, 1.82) is 0 Å². The summed E-state index contributed by atoms with van der Waals surface area (Å²) >= 11 is 0. The zero-order chi connectivity index (χ0) is 20.6. The Morgan fingerprint density at radius 1 is 1.10 bits per heavy atom. The molecule has 2 aromatic heterocycles. The van der Waals surface area contributed by atoms with Crippen LogP contribution in [0, 0.1) is 0 Å². The lowest BCUT2D eigenvalue weighted by Gasteiger charge is -2.24. The minimum Gasteiger partial charge on any atom is -0.497 e. The van der Waals surface area contributed by atoms with E-state index in [1.54, 1.807) is 18.1 Å². The number of hydrogen-bond acceptors (Lipinski definition) is 4. The fourth-order valence-corrected chi connectivity index (χ4v) is 3.51. The number of carbonyl (C=O) groups excluding carboxylic acids is 1. The minimum atomic E-state index is -0.158. The Kier molecular flexibility index (Phi) is 4.82. The van der Waals surface area contributed by atoms with Crippen LogP contribution in [-0.4, -0.2) is 38.9 Å². The molecule has 1 aliphatic heterocycles. The molecule has 0 N–H and O–H groups in total. The van der Waals surface area contributed by atoms with Crippen molar-refractivity contribution < 1.29 is 14.3 Å². The first kappa shape index (κ1) is 19.1. The molecule has 0 atom stereocenters. The molecule has 0 unspecified atom stereocenters. The second-order valence-electron chi connectivity index (χ2n) is 8.14. The van der Waals surface area contributed by atoms with Gasteiger partial charge in [0.05, 0.1) is 31.4 Å². The Labute approximate surface area is 170 Å². The maximum atomic E-state index is 12.7. The first-order valence-electron chi connectivity index (χ1n) is 9.66. The van der Waals surface area contributed by atoms with E-state index >= 15 is 0 Å². The van der Waals surface area contributed by atoms with E-state index in [2.05, 4.69) is 25.3 Å². The molecule has 0 aliphatic carbocycles. The molecule has 3 aromatic rings. The molecule has 0 fully saturated rings. The summed E-state index contributed by atoms with van der Waals surface area (Å²) in [6.07, 6.45) is 4.02. The van der Waals surface area contributed by atoms with Crippen molar-refractivity contribution in [3.63, 3.8) is 0 Å². The highest BCUT2D eigenvalue weighted by molar-refractivity contribution is 5.78. The van der Waals surface area contributed by atoms with E-state index in [1.165, 1.54) is 0 Å². The van der Waals surface area contributed by atoms with Crippen LogP contribution in [0.2, 0.25) is 0 Å². The zero-order valence-corrected chi connectivity index (χ0v) is 17.3. The molecule has 0 saturated carbocycles. The van der Waals surface area contributed by atoms with Gasteiger partial charge in [0.2, 0.25) is 0 Å². The van der Waals surface area contributed by atoms with E-state index in [-0.39, 0.29) is 18.1 Å². The first-order chi connectivity index (χ1) is 13.9. The summed E-state index contributed by atoms with van der Waals surface area (Å²) in [6, 6.07) is 11.2. The number of hydrogen-bond donors (Lipinski definition) is 0. The fraction of sp³-hybridized carbons (Fsp3) is 0.364. The van der Waals surface area contributed by atoms with E-state index in [4.69, 9.17) is 14.6 Å². The van der Waals surface area contributed by atoms with Crippen LogP contribution in [0.25, 0.3) is 5.82 Å². The van der Waals surface area contributed by atoms with Crippen molar-refractivity contribution in [1.82, 2.24) is 19.2 Å². The summed E-state index contributed by atoms with van der Waals surface area (Å²) in [6.45, 7) is 7.40. The number of rotatable bonds is 5. The van der Waals surface area contributed by atoms with Gasteiger partial charge in [0, 0.05) is 24.0 Å². The highest BCUT2D eigenvalue weighted by atomic mass is 16.5. The van der Waals surface area contributed by atoms with Gasteiger partial charge in [0.1, 0.15) is 17.3 Å². The number of amides is 1. The van der Waals surface area contributed by atoms with Crippen LogP contribution in [0.3, 0.4) is 0 Å². The lowest BCUT2D eigenvalue weighted by atomic mass is 10.1. The molecule has 4 rings (SSSR count). The van der Waals surface area contributed by atoms with Crippen LogP contribution < -0.4 is 9.47 Å². The third-order valence-electron chi connectivity index (χ3n) is 4.97. The molecule has 0 bridgehead atoms. The van der Waals surface area contributed by atoms with Crippen LogP contribution in [0.15, 0.2) is 48.8 Å². The third-order valence-corrected chi connectivity index (χ3v) is 4.97. The predicted octanol–water partition coefficient (Wildman–Crippen LogP) is 3.36. The Morgan fingerprint density at radius 2 is 1.83 bits per heavy atom. The summed E-state index contributed by atoms with van der Waals surface area (Å²) in [5.41, 5.74) is 1.87. The predicted molar refractivity (Wildman–Crippen MR) is 109 cm³/mol. The summed E-state index contributed by atoms with van der Waals surface area (Å²) in [5.74, 6) is 2.26. The Bertz CT molecular complexity index is 1020. The van der Waals surface area contributed by atoms with Gasteiger partial charge in [0.25, 0.3) is 5.91 Å². The number of methoxy groups -OCH3 is 1.